The third-order valence-corrected chi connectivity index (χ3v) is 7.84. The summed E-state index contributed by atoms with van der Waals surface area (Å²) in [5, 5.41) is 34.4. The highest BCUT2D eigenvalue weighted by atomic mass is 32.2. The van der Waals surface area contributed by atoms with Gasteiger partial charge in [-0.3, -0.25) is 14.2 Å². The molecule has 5 rings (SSSR count). The van der Waals surface area contributed by atoms with Crippen LogP contribution in [0.4, 0.5) is 11.5 Å². The molecule has 15 nitrogen and oxygen atoms in total. The molecule has 0 aliphatic rings. The van der Waals surface area contributed by atoms with E-state index in [0.717, 1.165) is 0 Å². The third-order valence-electron chi connectivity index (χ3n) is 6.13. The van der Waals surface area contributed by atoms with Gasteiger partial charge < -0.3 is 0 Å². The van der Waals surface area contributed by atoms with Gasteiger partial charge in [0.05, 0.1) is 27.4 Å². The largest absolute Gasteiger partial charge is 0.294 e. The summed E-state index contributed by atoms with van der Waals surface area (Å²) < 4.78 is 67.3. The van der Waals surface area contributed by atoms with E-state index in [-0.39, 0.29) is 27.1 Å². The predicted octanol–water partition coefficient (Wildman–Crippen LogP) is 4.12. The second kappa shape index (κ2) is 10.0. The Morgan fingerprint density at radius 3 is 2.24 bits per heavy atom. The van der Waals surface area contributed by atoms with Gasteiger partial charge in [0.1, 0.15) is 11.6 Å². The molecule has 0 aliphatic heterocycles. The van der Waals surface area contributed by atoms with Gasteiger partial charge in [0.25, 0.3) is 20.2 Å². The van der Waals surface area contributed by atoms with Crippen LogP contribution in [-0.2, 0) is 20.2 Å². The summed E-state index contributed by atoms with van der Waals surface area (Å²) in [5.74, 6) is 0.323. The first-order valence-corrected chi connectivity index (χ1v) is 14.7. The van der Waals surface area contributed by atoms with E-state index in [1.54, 1.807) is 6.92 Å². The standard InChI is InChI=1S/C24H21N9O6S2/c1-13(2)20-21(24-30-29-23(33(24)31-20)19-9-8-18(10-14(19)3)41(37,38)39)27-28-22-15(11-25)12-26-32(22)16-4-6-17(7-5-16)40(34,35)36/h4-10,12-13,30H,1-3H3,(H,34,35,36)(H,37,38,39). The van der Waals surface area contributed by atoms with E-state index in [1.807, 2.05) is 19.9 Å². The van der Waals surface area contributed by atoms with Crippen LogP contribution in [0.15, 0.2) is 68.7 Å². The monoisotopic (exact) mass is 595 g/mol. The zero-order valence-electron chi connectivity index (χ0n) is 21.6. The Balaban J connectivity index is 1.60. The second-order valence-electron chi connectivity index (χ2n) is 9.22. The SMILES string of the molecule is Cc1cc(S(=O)(=O)O)ccc1-c1n[nH]c2c(N=Nc3c(C#N)cnn3-c3ccc(S(=O)(=O)O)cc3)c(C(C)C)nn12. The Labute approximate surface area is 233 Å². The topological polar surface area (TPSA) is 221 Å². The quantitative estimate of drug-likeness (QED) is 0.180. The molecule has 5 aromatic rings. The van der Waals surface area contributed by atoms with E-state index in [9.17, 15) is 31.2 Å². The first-order valence-electron chi connectivity index (χ1n) is 11.8. The van der Waals surface area contributed by atoms with Crippen molar-refractivity contribution in [3.63, 3.8) is 0 Å². The van der Waals surface area contributed by atoms with Crippen molar-refractivity contribution >= 4 is 37.4 Å². The molecule has 0 aliphatic carbocycles. The number of aryl methyl sites for hydroxylation is 1. The van der Waals surface area contributed by atoms with Crippen LogP contribution in [0.25, 0.3) is 22.7 Å². The molecule has 3 N–H and O–H groups in total. The van der Waals surface area contributed by atoms with Crippen molar-refractivity contribution in [3.05, 3.63) is 65.5 Å². The molecule has 0 spiro atoms. The molecule has 3 aromatic heterocycles. The van der Waals surface area contributed by atoms with Crippen LogP contribution >= 0.6 is 0 Å². The van der Waals surface area contributed by atoms with Crippen LogP contribution in [0.5, 0.6) is 0 Å². The molecule has 0 atom stereocenters. The molecular weight excluding hydrogens is 574 g/mol. The maximum atomic E-state index is 11.5. The Kier molecular flexibility index (Phi) is 6.79. The van der Waals surface area contributed by atoms with E-state index in [4.69, 9.17) is 0 Å². The molecule has 0 bridgehead atoms. The lowest BCUT2D eigenvalue weighted by Crippen LogP contribution is -2.00. The van der Waals surface area contributed by atoms with Crippen molar-refractivity contribution in [1.29, 1.82) is 5.26 Å². The van der Waals surface area contributed by atoms with Crippen LogP contribution < -0.4 is 0 Å². The first-order chi connectivity index (χ1) is 19.3. The van der Waals surface area contributed by atoms with Gasteiger partial charge in [-0.2, -0.15) is 41.9 Å². The number of azo groups is 1. The van der Waals surface area contributed by atoms with Gasteiger partial charge in [0.15, 0.2) is 23.0 Å². The summed E-state index contributed by atoms with van der Waals surface area (Å²) in [4.78, 5) is -0.556. The van der Waals surface area contributed by atoms with Gasteiger partial charge in [-0.15, -0.1) is 10.2 Å². The van der Waals surface area contributed by atoms with E-state index >= 15 is 0 Å². The van der Waals surface area contributed by atoms with Crippen molar-refractivity contribution in [1.82, 2.24) is 29.6 Å². The lowest BCUT2D eigenvalue weighted by molar-refractivity contribution is 0.481. The van der Waals surface area contributed by atoms with Crippen molar-refractivity contribution < 1.29 is 25.9 Å². The number of hydrogen-bond acceptors (Lipinski definition) is 10. The summed E-state index contributed by atoms with van der Waals surface area (Å²) in [6.07, 6.45) is 1.29. The highest BCUT2D eigenvalue weighted by Crippen LogP contribution is 2.35. The van der Waals surface area contributed by atoms with E-state index < -0.39 is 20.2 Å². The van der Waals surface area contributed by atoms with Gasteiger partial charge in [-0.05, 0) is 60.9 Å². The van der Waals surface area contributed by atoms with Crippen LogP contribution in [0.3, 0.4) is 0 Å². The molecule has 0 saturated carbocycles. The molecule has 41 heavy (non-hydrogen) atoms. The Hall–Kier alpha value is -4.76. The number of nitrogens with one attached hydrogen (secondary N) is 1. The number of benzene rings is 2. The van der Waals surface area contributed by atoms with Crippen molar-refractivity contribution in [3.8, 4) is 23.1 Å². The fraction of sp³-hybridized carbons (Fsp3) is 0.167. The van der Waals surface area contributed by atoms with Gasteiger partial charge >= 0.3 is 0 Å². The van der Waals surface area contributed by atoms with Gasteiger partial charge in [-0.25, -0.2) is 4.68 Å². The normalized spacial score (nSPS) is 12.5. The van der Waals surface area contributed by atoms with Crippen LogP contribution in [0, 0.1) is 18.3 Å². The first kappa shape index (κ1) is 27.8. The zero-order valence-corrected chi connectivity index (χ0v) is 23.3. The van der Waals surface area contributed by atoms with Crippen molar-refractivity contribution in [2.24, 2.45) is 10.2 Å². The number of H-pyrrole nitrogens is 1. The zero-order chi connectivity index (χ0) is 29.7. The van der Waals surface area contributed by atoms with E-state index in [1.165, 1.54) is 57.9 Å². The summed E-state index contributed by atoms with van der Waals surface area (Å²) in [5.41, 5.74) is 2.82. The Morgan fingerprint density at radius 1 is 1.00 bits per heavy atom. The molecule has 0 fully saturated rings. The Morgan fingerprint density at radius 2 is 1.66 bits per heavy atom. The average molecular weight is 596 g/mol. The fourth-order valence-corrected chi connectivity index (χ4v) is 5.15. The summed E-state index contributed by atoms with van der Waals surface area (Å²) in [7, 11) is -8.78. The number of nitriles is 1. The molecule has 2 aromatic carbocycles. The minimum atomic E-state index is -4.40. The number of aromatic nitrogens is 6. The number of rotatable bonds is 7. The lowest BCUT2D eigenvalue weighted by atomic mass is 10.1. The van der Waals surface area contributed by atoms with Crippen LogP contribution in [-0.4, -0.2) is 55.5 Å². The maximum absolute atomic E-state index is 11.5. The highest BCUT2D eigenvalue weighted by Gasteiger charge is 2.23. The summed E-state index contributed by atoms with van der Waals surface area (Å²) in [6, 6.07) is 11.3. The Bertz CT molecular complexity index is 2100. The smallest absolute Gasteiger partial charge is 0.282 e. The minimum absolute atomic E-state index is 0.0672. The molecule has 0 amide bonds. The lowest BCUT2D eigenvalue weighted by Gasteiger charge is -2.05. The molecule has 210 valence electrons. The van der Waals surface area contributed by atoms with E-state index in [0.29, 0.717) is 39.7 Å². The van der Waals surface area contributed by atoms with Crippen molar-refractivity contribution in [2.75, 3.05) is 0 Å². The summed E-state index contributed by atoms with van der Waals surface area (Å²) >= 11 is 0. The second-order valence-corrected chi connectivity index (χ2v) is 12.1. The fourth-order valence-electron chi connectivity index (χ4n) is 4.11. The molecule has 0 saturated heterocycles. The third kappa shape index (κ3) is 5.12. The van der Waals surface area contributed by atoms with E-state index in [2.05, 4.69) is 30.6 Å². The number of aromatic amines is 1. The van der Waals surface area contributed by atoms with Crippen LogP contribution in [0.2, 0.25) is 0 Å². The molecule has 0 radical (unpaired) electrons. The highest BCUT2D eigenvalue weighted by molar-refractivity contribution is 7.86. The molecule has 0 unspecified atom stereocenters. The number of hydrogen-bond donors (Lipinski definition) is 3. The van der Waals surface area contributed by atoms with Gasteiger partial charge in [0, 0.05) is 5.56 Å². The number of fused-ring (bicyclic) bond motifs is 1. The van der Waals surface area contributed by atoms with Crippen molar-refractivity contribution in [2.45, 2.75) is 36.5 Å². The van der Waals surface area contributed by atoms with Crippen LogP contribution in [0.1, 0.15) is 36.6 Å². The maximum Gasteiger partial charge on any atom is 0.294 e. The molecule has 3 heterocycles. The molecular formula is C24H21N9O6S2. The average Bonchev–Trinajstić information content (AvgIpc) is 3.60. The number of nitrogens with zero attached hydrogens (tertiary/aromatic N) is 8. The predicted molar refractivity (Wildman–Crippen MR) is 144 cm³/mol. The molecule has 17 heteroatoms. The summed E-state index contributed by atoms with van der Waals surface area (Å²) in [6.45, 7) is 5.48. The van der Waals surface area contributed by atoms with Gasteiger partial charge in [0.2, 0.25) is 0 Å². The minimum Gasteiger partial charge on any atom is -0.282 e. The van der Waals surface area contributed by atoms with Gasteiger partial charge in [-0.1, -0.05) is 13.8 Å².